The Hall–Kier alpha value is -2.30. The Bertz CT molecular complexity index is 687. The molecular weight excluding hydrogens is 316 g/mol. The van der Waals surface area contributed by atoms with E-state index in [-0.39, 0.29) is 11.8 Å². The molecule has 0 spiro atoms. The zero-order valence-electron chi connectivity index (χ0n) is 15.0. The van der Waals surface area contributed by atoms with Gasteiger partial charge in [0.15, 0.2) is 0 Å². The maximum Gasteiger partial charge on any atom is 0.227 e. The van der Waals surface area contributed by atoms with Crippen LogP contribution < -0.4 is 10.1 Å². The number of rotatable bonds is 7. The molecule has 0 radical (unpaired) electrons. The molecule has 1 unspecified atom stereocenters. The number of hydrogen-bond donors (Lipinski definition) is 1. The Labute approximate surface area is 148 Å². The van der Waals surface area contributed by atoms with Crippen LogP contribution in [0, 0.1) is 12.8 Å². The van der Waals surface area contributed by atoms with Gasteiger partial charge in [-0.25, -0.2) is 0 Å². The van der Waals surface area contributed by atoms with Crippen LogP contribution in [0.25, 0.3) is 0 Å². The topological polar surface area (TPSA) is 64.4 Å². The summed E-state index contributed by atoms with van der Waals surface area (Å²) in [4.78, 5) is 12.9. The molecule has 1 heterocycles. The smallest absolute Gasteiger partial charge is 0.227 e. The number of hydrogen-bond acceptors (Lipinski definition) is 4. The van der Waals surface area contributed by atoms with Crippen LogP contribution in [0.1, 0.15) is 48.6 Å². The van der Waals surface area contributed by atoms with Crippen molar-refractivity contribution >= 4 is 5.91 Å². The van der Waals surface area contributed by atoms with Crippen molar-refractivity contribution in [3.8, 4) is 5.75 Å². The summed E-state index contributed by atoms with van der Waals surface area (Å²) in [5.41, 5.74) is 1.95. The number of carbonyl (C=O) groups is 1. The number of nitrogens with one attached hydrogen (secondary N) is 1. The molecule has 0 bridgehead atoms. The van der Waals surface area contributed by atoms with E-state index in [0.29, 0.717) is 18.9 Å². The summed E-state index contributed by atoms with van der Waals surface area (Å²) in [5.74, 6) is 2.05. The largest absolute Gasteiger partial charge is 0.497 e. The molecule has 3 rings (SSSR count). The van der Waals surface area contributed by atoms with Gasteiger partial charge in [0.05, 0.1) is 18.7 Å². The lowest BCUT2D eigenvalue weighted by Gasteiger charge is -2.23. The van der Waals surface area contributed by atoms with Crippen LogP contribution in [0.5, 0.6) is 5.75 Å². The molecule has 1 aliphatic rings. The van der Waals surface area contributed by atoms with Crippen LogP contribution in [0.2, 0.25) is 0 Å². The van der Waals surface area contributed by atoms with Crippen molar-refractivity contribution in [1.82, 2.24) is 10.5 Å². The highest BCUT2D eigenvalue weighted by molar-refractivity contribution is 5.84. The van der Waals surface area contributed by atoms with E-state index in [1.165, 1.54) is 12.8 Å². The third-order valence-electron chi connectivity index (χ3n) is 4.99. The predicted octanol–water partition coefficient (Wildman–Crippen LogP) is 3.62. The van der Waals surface area contributed by atoms with E-state index in [4.69, 9.17) is 9.26 Å². The summed E-state index contributed by atoms with van der Waals surface area (Å²) in [6.07, 6.45) is 5.34. The molecule has 1 aromatic carbocycles. The SMILES string of the molecule is COc1ccc(C(C(=O)NCCc2cc(C)on2)C2CCCC2)cc1. The van der Waals surface area contributed by atoms with Gasteiger partial charge in [-0.15, -0.1) is 0 Å². The standard InChI is InChI=1S/C20H26N2O3/c1-14-13-17(22-25-14)11-12-21-20(23)19(15-5-3-4-6-15)16-7-9-18(24-2)10-8-16/h7-10,13,15,19H,3-6,11-12H2,1-2H3,(H,21,23). The van der Waals surface area contributed by atoms with E-state index in [1.807, 2.05) is 37.3 Å². The maximum atomic E-state index is 12.9. The zero-order chi connectivity index (χ0) is 17.6. The fourth-order valence-corrected chi connectivity index (χ4v) is 3.70. The molecule has 0 saturated heterocycles. The first-order valence-electron chi connectivity index (χ1n) is 9.01. The van der Waals surface area contributed by atoms with Crippen molar-refractivity contribution in [2.75, 3.05) is 13.7 Å². The van der Waals surface area contributed by atoms with E-state index < -0.39 is 0 Å². The van der Waals surface area contributed by atoms with Crippen molar-refractivity contribution < 1.29 is 14.1 Å². The van der Waals surface area contributed by atoms with E-state index in [2.05, 4.69) is 10.5 Å². The monoisotopic (exact) mass is 342 g/mol. The lowest BCUT2D eigenvalue weighted by Crippen LogP contribution is -2.34. The van der Waals surface area contributed by atoms with Crippen LogP contribution in [-0.2, 0) is 11.2 Å². The van der Waals surface area contributed by atoms with Crippen LogP contribution in [0.4, 0.5) is 0 Å². The summed E-state index contributed by atoms with van der Waals surface area (Å²) >= 11 is 0. The second-order valence-electron chi connectivity index (χ2n) is 6.77. The number of methoxy groups -OCH3 is 1. The Morgan fingerprint density at radius 2 is 2.04 bits per heavy atom. The van der Waals surface area contributed by atoms with Crippen molar-refractivity contribution in [3.05, 3.63) is 47.3 Å². The van der Waals surface area contributed by atoms with E-state index in [0.717, 1.165) is 35.6 Å². The minimum absolute atomic E-state index is 0.0903. The van der Waals surface area contributed by atoms with Gasteiger partial charge in [0, 0.05) is 19.0 Å². The first kappa shape index (κ1) is 17.5. The van der Waals surface area contributed by atoms with Gasteiger partial charge in [-0.2, -0.15) is 0 Å². The average Bonchev–Trinajstić information content (AvgIpc) is 3.28. The van der Waals surface area contributed by atoms with Crippen LogP contribution >= 0.6 is 0 Å². The van der Waals surface area contributed by atoms with E-state index in [1.54, 1.807) is 7.11 Å². The number of aryl methyl sites for hydroxylation is 1. The number of carbonyl (C=O) groups excluding carboxylic acids is 1. The molecule has 1 aromatic heterocycles. The van der Waals surface area contributed by atoms with E-state index >= 15 is 0 Å². The molecule has 134 valence electrons. The lowest BCUT2D eigenvalue weighted by molar-refractivity contribution is -0.123. The Kier molecular flexibility index (Phi) is 5.74. The molecule has 2 aromatic rings. The number of amides is 1. The molecule has 1 N–H and O–H groups in total. The van der Waals surface area contributed by atoms with Crippen molar-refractivity contribution in [3.63, 3.8) is 0 Å². The zero-order valence-corrected chi connectivity index (χ0v) is 15.0. The third kappa shape index (κ3) is 4.41. The minimum atomic E-state index is -0.0903. The summed E-state index contributed by atoms with van der Waals surface area (Å²) in [6.45, 7) is 2.44. The van der Waals surface area contributed by atoms with E-state index in [9.17, 15) is 4.79 Å². The Morgan fingerprint density at radius 3 is 2.64 bits per heavy atom. The molecule has 1 amide bonds. The molecule has 5 nitrogen and oxygen atoms in total. The average molecular weight is 342 g/mol. The normalized spacial score (nSPS) is 15.9. The minimum Gasteiger partial charge on any atom is -0.497 e. The first-order valence-corrected chi connectivity index (χ1v) is 9.01. The van der Waals surface area contributed by atoms with Crippen molar-refractivity contribution in [1.29, 1.82) is 0 Å². The second kappa shape index (κ2) is 8.19. The molecule has 1 atom stereocenters. The van der Waals surface area contributed by atoms with Crippen LogP contribution in [0.3, 0.4) is 0 Å². The predicted molar refractivity (Wildman–Crippen MR) is 95.6 cm³/mol. The fraction of sp³-hybridized carbons (Fsp3) is 0.500. The second-order valence-corrected chi connectivity index (χ2v) is 6.77. The van der Waals surface area contributed by atoms with Crippen molar-refractivity contribution in [2.45, 2.75) is 44.9 Å². The summed E-state index contributed by atoms with van der Waals surface area (Å²) in [7, 11) is 1.65. The molecular formula is C20H26N2O3. The quantitative estimate of drug-likeness (QED) is 0.834. The highest BCUT2D eigenvalue weighted by atomic mass is 16.5. The molecule has 0 aliphatic heterocycles. The van der Waals surface area contributed by atoms with Crippen LogP contribution in [-0.4, -0.2) is 24.7 Å². The Balaban J connectivity index is 1.66. The van der Waals surface area contributed by atoms with Crippen LogP contribution in [0.15, 0.2) is 34.9 Å². The molecule has 25 heavy (non-hydrogen) atoms. The van der Waals surface area contributed by atoms with Gasteiger partial charge in [-0.05, 0) is 43.4 Å². The van der Waals surface area contributed by atoms with Gasteiger partial charge in [-0.1, -0.05) is 30.1 Å². The number of nitrogens with zero attached hydrogens (tertiary/aromatic N) is 1. The first-order chi connectivity index (χ1) is 12.2. The highest BCUT2D eigenvalue weighted by Gasteiger charge is 2.31. The third-order valence-corrected chi connectivity index (χ3v) is 4.99. The Morgan fingerprint density at radius 1 is 1.32 bits per heavy atom. The van der Waals surface area contributed by atoms with Gasteiger partial charge in [0.2, 0.25) is 5.91 Å². The van der Waals surface area contributed by atoms with Gasteiger partial charge < -0.3 is 14.6 Å². The molecule has 1 saturated carbocycles. The highest BCUT2D eigenvalue weighted by Crippen LogP contribution is 2.38. The molecule has 5 heteroatoms. The lowest BCUT2D eigenvalue weighted by atomic mass is 9.84. The summed E-state index contributed by atoms with van der Waals surface area (Å²) in [6, 6.07) is 9.81. The molecule has 1 fully saturated rings. The molecule has 1 aliphatic carbocycles. The number of aromatic nitrogens is 1. The number of benzene rings is 1. The summed E-state index contributed by atoms with van der Waals surface area (Å²) in [5, 5.41) is 7.06. The van der Waals surface area contributed by atoms with Gasteiger partial charge in [0.1, 0.15) is 11.5 Å². The maximum absolute atomic E-state index is 12.9. The number of ether oxygens (including phenoxy) is 1. The van der Waals surface area contributed by atoms with Gasteiger partial charge in [0.25, 0.3) is 0 Å². The fourth-order valence-electron chi connectivity index (χ4n) is 3.70. The van der Waals surface area contributed by atoms with Gasteiger partial charge in [-0.3, -0.25) is 4.79 Å². The summed E-state index contributed by atoms with van der Waals surface area (Å²) < 4.78 is 10.3. The van der Waals surface area contributed by atoms with Crippen molar-refractivity contribution in [2.24, 2.45) is 5.92 Å². The van der Waals surface area contributed by atoms with Gasteiger partial charge >= 0.3 is 0 Å².